The number of hydrogen-bond acceptors (Lipinski definition) is 1. The molecule has 0 spiro atoms. The molecule has 0 atom stereocenters. The van der Waals surface area contributed by atoms with E-state index in [0.717, 1.165) is 17.4 Å². The number of allylic oxidation sites excluding steroid dienone is 1. The van der Waals surface area contributed by atoms with Crippen LogP contribution in [0.4, 0.5) is 0 Å². The van der Waals surface area contributed by atoms with E-state index in [0.29, 0.717) is 0 Å². The van der Waals surface area contributed by atoms with Gasteiger partial charge in [0.25, 0.3) is 0 Å². The molecule has 0 radical (unpaired) electrons. The first kappa shape index (κ1) is 8.46. The Morgan fingerprint density at radius 1 is 1.27 bits per heavy atom. The molecule has 1 rings (SSSR count). The van der Waals surface area contributed by atoms with E-state index < -0.39 is 0 Å². The quantitative estimate of drug-likeness (QED) is 0.452. The molecule has 1 aromatic rings. The number of aldehydes is 1. The summed E-state index contributed by atoms with van der Waals surface area (Å²) in [5.74, 6) is 0. The number of hydrogen-bond donors (Lipinski definition) is 0. The first-order chi connectivity index (χ1) is 5.38. The van der Waals surface area contributed by atoms with Crippen molar-refractivity contribution in [3.05, 3.63) is 40.0 Å². The van der Waals surface area contributed by atoms with E-state index in [4.69, 9.17) is 0 Å². The Bertz CT molecular complexity index is 264. The molecule has 0 aromatic heterocycles. The fourth-order valence-electron chi connectivity index (χ4n) is 0.787. The van der Waals surface area contributed by atoms with E-state index in [1.807, 2.05) is 30.3 Å². The van der Waals surface area contributed by atoms with Crippen LogP contribution in [0.15, 0.2) is 34.4 Å². The smallest absolute Gasteiger partial charge is 0.151 e. The van der Waals surface area contributed by atoms with E-state index in [9.17, 15) is 4.79 Å². The van der Waals surface area contributed by atoms with Crippen LogP contribution in [-0.2, 0) is 4.79 Å². The predicted molar refractivity (Wildman–Crippen MR) is 54.5 cm³/mol. The lowest BCUT2D eigenvalue weighted by atomic mass is 10.1. The molecule has 56 valence electrons. The number of rotatable bonds is 2. The molecular weight excluding hydrogens is 251 g/mol. The molecule has 1 aromatic carbocycles. The van der Waals surface area contributed by atoms with Crippen molar-refractivity contribution in [2.24, 2.45) is 0 Å². The number of halogens is 1. The Labute approximate surface area is 79.3 Å². The Balaban J connectivity index is 3.01. The zero-order chi connectivity index (χ0) is 8.10. The minimum Gasteiger partial charge on any atom is -0.298 e. The van der Waals surface area contributed by atoms with Gasteiger partial charge in [0.15, 0.2) is 6.29 Å². The van der Waals surface area contributed by atoms with Gasteiger partial charge in [-0.3, -0.25) is 4.79 Å². The van der Waals surface area contributed by atoms with Gasteiger partial charge in [0.2, 0.25) is 0 Å². The molecule has 1 nitrogen and oxygen atoms in total. The average Bonchev–Trinajstić information content (AvgIpc) is 2.09. The largest absolute Gasteiger partial charge is 0.298 e. The molecule has 0 fully saturated rings. The molecule has 0 saturated heterocycles. The maximum absolute atomic E-state index is 10.5. The van der Waals surface area contributed by atoms with Crippen molar-refractivity contribution in [3.63, 3.8) is 0 Å². The van der Waals surface area contributed by atoms with Crippen molar-refractivity contribution in [1.82, 2.24) is 0 Å². The summed E-state index contributed by atoms with van der Waals surface area (Å²) in [6.45, 7) is 0. The van der Waals surface area contributed by atoms with Gasteiger partial charge in [-0.2, -0.15) is 0 Å². The topological polar surface area (TPSA) is 17.1 Å². The Morgan fingerprint density at radius 3 is 2.36 bits per heavy atom. The Hall–Kier alpha value is -0.640. The Kier molecular flexibility index (Phi) is 3.29. The van der Waals surface area contributed by atoms with Crippen LogP contribution in [0.25, 0.3) is 5.57 Å². The van der Waals surface area contributed by atoms with Crippen molar-refractivity contribution in [1.29, 1.82) is 0 Å². The molecule has 0 bridgehead atoms. The van der Waals surface area contributed by atoms with E-state index in [1.54, 1.807) is 4.08 Å². The van der Waals surface area contributed by atoms with Gasteiger partial charge in [0.1, 0.15) is 0 Å². The fourth-order valence-corrected chi connectivity index (χ4v) is 1.29. The van der Waals surface area contributed by atoms with Crippen LogP contribution in [0.2, 0.25) is 0 Å². The molecule has 0 unspecified atom stereocenters. The van der Waals surface area contributed by atoms with Crippen molar-refractivity contribution < 1.29 is 4.79 Å². The van der Waals surface area contributed by atoms with Crippen LogP contribution in [-0.4, -0.2) is 6.29 Å². The third-order valence-electron chi connectivity index (χ3n) is 1.35. The van der Waals surface area contributed by atoms with Gasteiger partial charge in [0.05, 0.1) is 0 Å². The second-order valence-electron chi connectivity index (χ2n) is 2.05. The highest BCUT2D eigenvalue weighted by molar-refractivity contribution is 14.1. The summed E-state index contributed by atoms with van der Waals surface area (Å²) < 4.78 is 1.78. The second kappa shape index (κ2) is 4.28. The summed E-state index contributed by atoms with van der Waals surface area (Å²) in [6, 6.07) is 9.59. The van der Waals surface area contributed by atoms with Gasteiger partial charge < -0.3 is 0 Å². The maximum Gasteiger partial charge on any atom is 0.151 e. The normalized spacial score (nSPS) is 11.2. The molecule has 2 heteroatoms. The van der Waals surface area contributed by atoms with E-state index in [2.05, 4.69) is 22.6 Å². The molecule has 11 heavy (non-hydrogen) atoms. The zero-order valence-corrected chi connectivity index (χ0v) is 7.99. The minimum atomic E-state index is 0.728. The third kappa shape index (κ3) is 2.15. The average molecular weight is 258 g/mol. The maximum atomic E-state index is 10.5. The summed E-state index contributed by atoms with van der Waals surface area (Å²) in [5.41, 5.74) is 1.70. The number of benzene rings is 1. The minimum absolute atomic E-state index is 0.728. The van der Waals surface area contributed by atoms with Crippen molar-refractivity contribution in [2.45, 2.75) is 0 Å². The monoisotopic (exact) mass is 258 g/mol. The van der Waals surface area contributed by atoms with Crippen LogP contribution < -0.4 is 0 Å². The summed E-state index contributed by atoms with van der Waals surface area (Å²) >= 11 is 2.06. The summed E-state index contributed by atoms with van der Waals surface area (Å²) in [5, 5.41) is 0. The van der Waals surface area contributed by atoms with Crippen LogP contribution in [0, 0.1) is 0 Å². The van der Waals surface area contributed by atoms with Crippen LogP contribution >= 0.6 is 22.6 Å². The highest BCUT2D eigenvalue weighted by Gasteiger charge is 1.95. The fraction of sp³-hybridized carbons (Fsp3) is 0. The number of carbonyl (C=O) groups is 1. The molecule has 0 saturated carbocycles. The van der Waals surface area contributed by atoms with Crippen LogP contribution in [0.5, 0.6) is 0 Å². The first-order valence-electron chi connectivity index (χ1n) is 3.19. The van der Waals surface area contributed by atoms with Gasteiger partial charge in [-0.05, 0) is 9.65 Å². The van der Waals surface area contributed by atoms with Crippen molar-refractivity contribution in [2.75, 3.05) is 0 Å². The van der Waals surface area contributed by atoms with E-state index >= 15 is 0 Å². The summed E-state index contributed by atoms with van der Waals surface area (Å²) in [7, 11) is 0. The molecule has 0 aliphatic rings. The van der Waals surface area contributed by atoms with Gasteiger partial charge in [-0.15, -0.1) is 0 Å². The van der Waals surface area contributed by atoms with E-state index in [-0.39, 0.29) is 0 Å². The number of carbonyl (C=O) groups excluding carboxylic acids is 1. The van der Waals surface area contributed by atoms with Gasteiger partial charge in [0, 0.05) is 5.57 Å². The molecule has 0 heterocycles. The molecule has 0 N–H and O–H groups in total. The first-order valence-corrected chi connectivity index (χ1v) is 4.44. The van der Waals surface area contributed by atoms with Crippen molar-refractivity contribution in [3.8, 4) is 0 Å². The molecule has 0 amide bonds. The SMILES string of the molecule is O=C/C(=C\I)c1ccccc1. The second-order valence-corrected chi connectivity index (χ2v) is 2.67. The van der Waals surface area contributed by atoms with E-state index in [1.165, 1.54) is 0 Å². The molecule has 0 aliphatic heterocycles. The van der Waals surface area contributed by atoms with Gasteiger partial charge in [-0.1, -0.05) is 52.9 Å². The highest BCUT2D eigenvalue weighted by atomic mass is 127. The summed E-state index contributed by atoms with van der Waals surface area (Å²) in [6.07, 6.45) is 0.863. The lowest BCUT2D eigenvalue weighted by Crippen LogP contribution is -1.82. The van der Waals surface area contributed by atoms with Gasteiger partial charge in [-0.25, -0.2) is 0 Å². The predicted octanol–water partition coefficient (Wildman–Crippen LogP) is 2.66. The van der Waals surface area contributed by atoms with Gasteiger partial charge >= 0.3 is 0 Å². The highest BCUT2D eigenvalue weighted by Crippen LogP contribution is 2.12. The lowest BCUT2D eigenvalue weighted by molar-refractivity contribution is -0.103. The summed E-state index contributed by atoms with van der Waals surface area (Å²) in [4.78, 5) is 10.5. The lowest BCUT2D eigenvalue weighted by Gasteiger charge is -1.95. The Morgan fingerprint density at radius 2 is 1.91 bits per heavy atom. The van der Waals surface area contributed by atoms with Crippen molar-refractivity contribution >= 4 is 34.5 Å². The molecule has 0 aliphatic carbocycles. The molecular formula is C9H7IO. The van der Waals surface area contributed by atoms with Crippen LogP contribution in [0.1, 0.15) is 5.56 Å². The third-order valence-corrected chi connectivity index (χ3v) is 2.02. The van der Waals surface area contributed by atoms with Crippen LogP contribution in [0.3, 0.4) is 0 Å². The zero-order valence-electron chi connectivity index (χ0n) is 5.83. The standard InChI is InChI=1S/C9H7IO/c10-6-9(7-11)8-4-2-1-3-5-8/h1-7H/b9-6+.